The molecule has 0 bridgehead atoms. The van der Waals surface area contributed by atoms with Crippen molar-refractivity contribution in [3.05, 3.63) is 30.3 Å². The second-order valence-electron chi connectivity index (χ2n) is 9.39. The zero-order valence-electron chi connectivity index (χ0n) is 17.4. The predicted octanol–water partition coefficient (Wildman–Crippen LogP) is 3.35. The number of para-hydroxylation sites is 1. The van der Waals surface area contributed by atoms with E-state index in [4.69, 9.17) is 0 Å². The zero-order chi connectivity index (χ0) is 18.7. The van der Waals surface area contributed by atoms with E-state index in [1.165, 1.54) is 77.1 Å². The van der Waals surface area contributed by atoms with Crippen LogP contribution in [-0.2, 0) is 0 Å². The van der Waals surface area contributed by atoms with Crippen molar-refractivity contribution in [3.8, 4) is 0 Å². The SMILES string of the molecule is CN(C)C1CCC2(CC1)CCN(CN1CCN(c3ccccc3)CC1)CC2. The summed E-state index contributed by atoms with van der Waals surface area (Å²) in [7, 11) is 4.51. The van der Waals surface area contributed by atoms with Crippen LogP contribution in [0.3, 0.4) is 0 Å². The van der Waals surface area contributed by atoms with Crippen LogP contribution < -0.4 is 4.90 Å². The van der Waals surface area contributed by atoms with Gasteiger partial charge in [0.05, 0.1) is 6.67 Å². The van der Waals surface area contributed by atoms with Gasteiger partial charge in [-0.2, -0.15) is 0 Å². The van der Waals surface area contributed by atoms with Crippen LogP contribution in [0.15, 0.2) is 30.3 Å². The third-order valence-corrected chi connectivity index (χ3v) is 7.56. The summed E-state index contributed by atoms with van der Waals surface area (Å²) in [5.41, 5.74) is 2.06. The number of rotatable bonds is 4. The molecule has 0 atom stereocenters. The molecule has 0 unspecified atom stereocenters. The van der Waals surface area contributed by atoms with Crippen molar-refractivity contribution in [2.45, 2.75) is 44.6 Å². The maximum atomic E-state index is 2.72. The van der Waals surface area contributed by atoms with E-state index >= 15 is 0 Å². The number of hydrogen-bond donors (Lipinski definition) is 0. The van der Waals surface area contributed by atoms with Gasteiger partial charge in [-0.3, -0.25) is 9.80 Å². The number of likely N-dealkylation sites (tertiary alicyclic amines) is 1. The normalized spacial score (nSPS) is 25.4. The third kappa shape index (κ3) is 4.67. The number of piperazine rings is 1. The fourth-order valence-corrected chi connectivity index (χ4v) is 5.47. The molecule has 3 aliphatic rings. The molecule has 1 spiro atoms. The average Bonchev–Trinajstić information content (AvgIpc) is 2.71. The zero-order valence-corrected chi connectivity index (χ0v) is 17.4. The second-order valence-corrected chi connectivity index (χ2v) is 9.39. The molecule has 4 nitrogen and oxygen atoms in total. The van der Waals surface area contributed by atoms with Crippen LogP contribution in [0.4, 0.5) is 5.69 Å². The van der Waals surface area contributed by atoms with Crippen molar-refractivity contribution in [3.63, 3.8) is 0 Å². The van der Waals surface area contributed by atoms with Crippen LogP contribution in [0, 0.1) is 5.41 Å². The van der Waals surface area contributed by atoms with Crippen molar-refractivity contribution in [1.82, 2.24) is 14.7 Å². The van der Waals surface area contributed by atoms with Gasteiger partial charge in [0.2, 0.25) is 0 Å². The smallest absolute Gasteiger partial charge is 0.0507 e. The summed E-state index contributed by atoms with van der Waals surface area (Å²) >= 11 is 0. The van der Waals surface area contributed by atoms with Gasteiger partial charge in [-0.15, -0.1) is 0 Å². The van der Waals surface area contributed by atoms with Gasteiger partial charge in [0, 0.05) is 37.9 Å². The standard InChI is InChI=1S/C23H38N4/c1-24(2)21-8-10-23(11-9-21)12-14-25(15-13-23)20-26-16-18-27(19-17-26)22-6-4-3-5-7-22/h3-7,21H,8-20H2,1-2H3. The van der Waals surface area contributed by atoms with Crippen molar-refractivity contribution in [2.75, 3.05) is 64.9 Å². The Labute approximate surface area is 166 Å². The van der Waals surface area contributed by atoms with Gasteiger partial charge < -0.3 is 9.80 Å². The van der Waals surface area contributed by atoms with E-state index in [2.05, 4.69) is 64.0 Å². The van der Waals surface area contributed by atoms with Crippen molar-refractivity contribution in [2.24, 2.45) is 5.41 Å². The van der Waals surface area contributed by atoms with Crippen LogP contribution in [0.2, 0.25) is 0 Å². The molecular formula is C23H38N4. The molecule has 2 saturated heterocycles. The molecule has 2 heterocycles. The van der Waals surface area contributed by atoms with Gasteiger partial charge in [0.15, 0.2) is 0 Å². The Morgan fingerprint density at radius 3 is 2.00 bits per heavy atom. The molecule has 27 heavy (non-hydrogen) atoms. The van der Waals surface area contributed by atoms with E-state index in [9.17, 15) is 0 Å². The van der Waals surface area contributed by atoms with Gasteiger partial charge in [0.25, 0.3) is 0 Å². The summed E-state index contributed by atoms with van der Waals surface area (Å²) in [5, 5.41) is 0. The monoisotopic (exact) mass is 370 g/mol. The van der Waals surface area contributed by atoms with Crippen LogP contribution in [0.5, 0.6) is 0 Å². The molecule has 1 aromatic rings. The Morgan fingerprint density at radius 2 is 1.41 bits per heavy atom. The third-order valence-electron chi connectivity index (χ3n) is 7.56. The lowest BCUT2D eigenvalue weighted by Gasteiger charge is -2.48. The lowest BCUT2D eigenvalue weighted by atomic mass is 9.67. The molecule has 4 heteroatoms. The fourth-order valence-electron chi connectivity index (χ4n) is 5.47. The van der Waals surface area contributed by atoms with E-state index < -0.39 is 0 Å². The van der Waals surface area contributed by atoms with E-state index in [1.807, 2.05) is 0 Å². The summed E-state index contributed by atoms with van der Waals surface area (Å²) in [4.78, 5) is 10.4. The molecule has 1 aliphatic carbocycles. The van der Waals surface area contributed by atoms with Gasteiger partial charge >= 0.3 is 0 Å². The van der Waals surface area contributed by atoms with Gasteiger partial charge in [-0.05, 0) is 83.3 Å². The summed E-state index contributed by atoms with van der Waals surface area (Å²) in [6.07, 6.45) is 8.59. The highest BCUT2D eigenvalue weighted by Crippen LogP contribution is 2.45. The Bertz CT molecular complexity index is 561. The maximum absolute atomic E-state index is 2.72. The molecule has 1 saturated carbocycles. The number of hydrogen-bond acceptors (Lipinski definition) is 4. The number of benzene rings is 1. The fraction of sp³-hybridized carbons (Fsp3) is 0.739. The molecule has 3 fully saturated rings. The number of anilines is 1. The highest BCUT2D eigenvalue weighted by molar-refractivity contribution is 5.46. The minimum atomic E-state index is 0.676. The van der Waals surface area contributed by atoms with Crippen molar-refractivity contribution in [1.29, 1.82) is 0 Å². The molecule has 4 rings (SSSR count). The Hall–Kier alpha value is -1.10. The molecule has 2 aliphatic heterocycles. The lowest BCUT2D eigenvalue weighted by Crippen LogP contribution is -2.52. The Balaban J connectivity index is 1.19. The van der Waals surface area contributed by atoms with Crippen molar-refractivity contribution < 1.29 is 0 Å². The summed E-state index contributed by atoms with van der Waals surface area (Å²) in [5.74, 6) is 0. The maximum Gasteiger partial charge on any atom is 0.0507 e. The van der Waals surface area contributed by atoms with Crippen LogP contribution >= 0.6 is 0 Å². The van der Waals surface area contributed by atoms with Crippen LogP contribution in [0.1, 0.15) is 38.5 Å². The first kappa shape index (κ1) is 19.2. The topological polar surface area (TPSA) is 13.0 Å². The largest absolute Gasteiger partial charge is 0.369 e. The van der Waals surface area contributed by atoms with Gasteiger partial charge in [-0.1, -0.05) is 18.2 Å². The second kappa shape index (κ2) is 8.50. The number of nitrogens with zero attached hydrogens (tertiary/aromatic N) is 4. The molecule has 0 N–H and O–H groups in total. The highest BCUT2D eigenvalue weighted by atomic mass is 15.3. The van der Waals surface area contributed by atoms with Crippen LogP contribution in [-0.4, -0.2) is 80.8 Å². The highest BCUT2D eigenvalue weighted by Gasteiger charge is 2.38. The first-order valence-electron chi connectivity index (χ1n) is 11.0. The summed E-state index contributed by atoms with van der Waals surface area (Å²) in [6.45, 7) is 8.51. The Morgan fingerprint density at radius 1 is 0.815 bits per heavy atom. The van der Waals surface area contributed by atoms with E-state index in [-0.39, 0.29) is 0 Å². The quantitative estimate of drug-likeness (QED) is 0.806. The summed E-state index contributed by atoms with van der Waals surface area (Å²) in [6, 6.07) is 11.7. The molecule has 0 aromatic heterocycles. The van der Waals surface area contributed by atoms with Crippen molar-refractivity contribution >= 4 is 5.69 Å². The first-order valence-corrected chi connectivity index (χ1v) is 11.0. The molecule has 0 radical (unpaired) electrons. The van der Waals surface area contributed by atoms with E-state index in [0.29, 0.717) is 5.41 Å². The minimum Gasteiger partial charge on any atom is -0.369 e. The molecule has 0 amide bonds. The first-order chi connectivity index (χ1) is 13.1. The lowest BCUT2D eigenvalue weighted by molar-refractivity contribution is 0.0191. The predicted molar refractivity (Wildman–Crippen MR) is 114 cm³/mol. The molecule has 1 aromatic carbocycles. The summed E-state index contributed by atoms with van der Waals surface area (Å²) < 4.78 is 0. The van der Waals surface area contributed by atoms with Crippen LogP contribution in [0.25, 0.3) is 0 Å². The van der Waals surface area contributed by atoms with E-state index in [1.54, 1.807) is 0 Å². The van der Waals surface area contributed by atoms with Gasteiger partial charge in [-0.25, -0.2) is 0 Å². The average molecular weight is 371 g/mol. The van der Waals surface area contributed by atoms with Gasteiger partial charge in [0.1, 0.15) is 0 Å². The van der Waals surface area contributed by atoms with E-state index in [0.717, 1.165) is 19.1 Å². The minimum absolute atomic E-state index is 0.676. The Kier molecular flexibility index (Phi) is 6.05. The number of piperidine rings is 1. The molecular weight excluding hydrogens is 332 g/mol. The molecule has 150 valence electrons.